The molecule has 7 aromatic carbocycles. The molecule has 0 saturated carbocycles. The summed E-state index contributed by atoms with van der Waals surface area (Å²) >= 11 is 0. The van der Waals surface area contributed by atoms with Crippen LogP contribution in [0.25, 0.3) is 56.9 Å². The summed E-state index contributed by atoms with van der Waals surface area (Å²) in [4.78, 5) is 0. The van der Waals surface area contributed by atoms with Crippen LogP contribution in [0.15, 0.2) is 194 Å². The zero-order valence-electron chi connectivity index (χ0n) is 33.2. The fourth-order valence-corrected chi connectivity index (χ4v) is 7.85. The average molecular weight is 753 g/mol. The van der Waals surface area contributed by atoms with Gasteiger partial charge in [-0.1, -0.05) is 198 Å². The molecule has 2 heterocycles. The van der Waals surface area contributed by atoms with Gasteiger partial charge in [-0.25, -0.2) is 0 Å². The number of hydrogen-bond acceptors (Lipinski definition) is 4. The summed E-state index contributed by atoms with van der Waals surface area (Å²) in [6.45, 7) is 9.18. The van der Waals surface area contributed by atoms with Gasteiger partial charge in [0.2, 0.25) is 0 Å². The Morgan fingerprint density at radius 2 is 0.483 bits per heavy atom. The van der Waals surface area contributed by atoms with Gasteiger partial charge < -0.3 is 0 Å². The van der Waals surface area contributed by atoms with Crippen molar-refractivity contribution < 1.29 is 0 Å². The van der Waals surface area contributed by atoms with Crippen molar-refractivity contribution in [1.82, 2.24) is 29.5 Å². The standard InChI is InChI=1S/C52H44N6/c1-51(2,43-29-33-45(34-30-43)57-47(37-17-9-5-10-18-37)53-54-48(57)38-19-11-6-12-20-38)41-25-27-42(28-26-41)52(3,4)44-31-35-46(36-32-44)58-49(39-21-13-7-14-22-39)55-56-50(58)40-23-15-8-16-24-40/h5-36H,1-4H3. The average Bonchev–Trinajstić information content (AvgIpc) is 3.94. The second-order valence-corrected chi connectivity index (χ2v) is 15.8. The Kier molecular flexibility index (Phi) is 9.46. The smallest absolute Gasteiger partial charge is 0.168 e. The Hall–Kier alpha value is -7.18. The van der Waals surface area contributed by atoms with E-state index in [4.69, 9.17) is 0 Å². The molecule has 0 aliphatic heterocycles. The topological polar surface area (TPSA) is 61.4 Å². The fourth-order valence-electron chi connectivity index (χ4n) is 7.85. The third kappa shape index (κ3) is 6.73. The molecule has 0 aliphatic rings. The van der Waals surface area contributed by atoms with E-state index in [9.17, 15) is 0 Å². The highest BCUT2D eigenvalue weighted by atomic mass is 15.3. The summed E-state index contributed by atoms with van der Waals surface area (Å²) in [5.41, 5.74) is 10.6. The van der Waals surface area contributed by atoms with Crippen LogP contribution in [0.2, 0.25) is 0 Å². The minimum atomic E-state index is -0.230. The molecule has 6 nitrogen and oxygen atoms in total. The highest BCUT2D eigenvalue weighted by Crippen LogP contribution is 2.38. The second kappa shape index (κ2) is 15.1. The molecule has 0 saturated heterocycles. The van der Waals surface area contributed by atoms with E-state index in [-0.39, 0.29) is 10.8 Å². The number of nitrogens with zero attached hydrogens (tertiary/aromatic N) is 6. The highest BCUT2D eigenvalue weighted by molar-refractivity contribution is 5.68. The Morgan fingerprint density at radius 3 is 0.707 bits per heavy atom. The van der Waals surface area contributed by atoms with Gasteiger partial charge in [-0.15, -0.1) is 20.4 Å². The largest absolute Gasteiger partial charge is 0.275 e. The molecule has 0 fully saturated rings. The van der Waals surface area contributed by atoms with E-state index in [1.807, 2.05) is 72.8 Å². The second-order valence-electron chi connectivity index (χ2n) is 15.8. The van der Waals surface area contributed by atoms with Crippen LogP contribution in [0, 0.1) is 0 Å². The van der Waals surface area contributed by atoms with Gasteiger partial charge >= 0.3 is 0 Å². The molecule has 0 atom stereocenters. The van der Waals surface area contributed by atoms with Gasteiger partial charge in [0, 0.05) is 44.5 Å². The fraction of sp³-hybridized carbons (Fsp3) is 0.115. The molecule has 2 aromatic heterocycles. The van der Waals surface area contributed by atoms with Gasteiger partial charge in [-0.3, -0.25) is 9.13 Å². The molecular weight excluding hydrogens is 709 g/mol. The molecule has 0 N–H and O–H groups in total. The monoisotopic (exact) mass is 752 g/mol. The Bertz CT molecular complexity index is 2460. The van der Waals surface area contributed by atoms with Gasteiger partial charge in [0.25, 0.3) is 0 Å². The van der Waals surface area contributed by atoms with Gasteiger partial charge in [0.1, 0.15) is 0 Å². The summed E-state index contributed by atoms with van der Waals surface area (Å²) in [6.07, 6.45) is 0. The van der Waals surface area contributed by atoms with Crippen LogP contribution in [-0.4, -0.2) is 29.5 Å². The van der Waals surface area contributed by atoms with Crippen molar-refractivity contribution in [1.29, 1.82) is 0 Å². The van der Waals surface area contributed by atoms with Crippen molar-refractivity contribution >= 4 is 0 Å². The van der Waals surface area contributed by atoms with E-state index >= 15 is 0 Å². The summed E-state index contributed by atoms with van der Waals surface area (Å²) in [7, 11) is 0. The van der Waals surface area contributed by atoms with Crippen molar-refractivity contribution in [2.75, 3.05) is 0 Å². The van der Waals surface area contributed by atoms with Crippen molar-refractivity contribution in [2.24, 2.45) is 0 Å². The van der Waals surface area contributed by atoms with Crippen molar-refractivity contribution in [3.63, 3.8) is 0 Å². The molecular formula is C52H44N6. The van der Waals surface area contributed by atoms with Gasteiger partial charge in [-0.05, 0) is 46.5 Å². The molecule has 58 heavy (non-hydrogen) atoms. The lowest BCUT2D eigenvalue weighted by atomic mass is 9.74. The van der Waals surface area contributed by atoms with Crippen LogP contribution in [0.5, 0.6) is 0 Å². The zero-order valence-corrected chi connectivity index (χ0v) is 33.2. The summed E-state index contributed by atoms with van der Waals surface area (Å²) in [6, 6.07) is 67.8. The van der Waals surface area contributed by atoms with Crippen molar-refractivity contribution in [3.05, 3.63) is 216 Å². The Morgan fingerprint density at radius 1 is 0.276 bits per heavy atom. The van der Waals surface area contributed by atoms with E-state index in [1.54, 1.807) is 0 Å². The van der Waals surface area contributed by atoms with Crippen LogP contribution in [0.1, 0.15) is 49.9 Å². The van der Waals surface area contributed by atoms with E-state index < -0.39 is 0 Å². The van der Waals surface area contributed by atoms with Crippen LogP contribution >= 0.6 is 0 Å². The molecule has 0 amide bonds. The molecule has 282 valence electrons. The lowest BCUT2D eigenvalue weighted by molar-refractivity contribution is 0.626. The van der Waals surface area contributed by atoms with Crippen molar-refractivity contribution in [2.45, 2.75) is 38.5 Å². The Labute approximate surface area is 340 Å². The molecule has 0 radical (unpaired) electrons. The summed E-state index contributed by atoms with van der Waals surface area (Å²) < 4.78 is 4.31. The van der Waals surface area contributed by atoms with Gasteiger partial charge in [0.05, 0.1) is 0 Å². The molecule has 0 unspecified atom stereocenters. The van der Waals surface area contributed by atoms with E-state index in [2.05, 4.69) is 179 Å². The quantitative estimate of drug-likeness (QED) is 0.140. The molecule has 6 heteroatoms. The third-order valence-corrected chi connectivity index (χ3v) is 11.5. The molecule has 0 bridgehead atoms. The van der Waals surface area contributed by atoms with E-state index in [1.165, 1.54) is 22.3 Å². The minimum absolute atomic E-state index is 0.230. The first-order chi connectivity index (χ1) is 28.3. The predicted octanol–water partition coefficient (Wildman–Crippen LogP) is 12.2. The molecule has 0 aliphatic carbocycles. The molecule has 9 aromatic rings. The maximum atomic E-state index is 4.66. The summed E-state index contributed by atoms with van der Waals surface area (Å²) in [5.74, 6) is 3.25. The number of hydrogen-bond donors (Lipinski definition) is 0. The normalized spacial score (nSPS) is 11.8. The highest BCUT2D eigenvalue weighted by Gasteiger charge is 2.28. The Balaban J connectivity index is 0.988. The number of benzene rings is 7. The van der Waals surface area contributed by atoms with Crippen LogP contribution in [0.4, 0.5) is 0 Å². The van der Waals surface area contributed by atoms with Gasteiger partial charge in [-0.2, -0.15) is 0 Å². The first kappa shape index (κ1) is 36.5. The van der Waals surface area contributed by atoms with E-state index in [0.717, 1.165) is 56.9 Å². The summed E-state index contributed by atoms with van der Waals surface area (Å²) in [5, 5.41) is 18.6. The van der Waals surface area contributed by atoms with Crippen LogP contribution < -0.4 is 0 Å². The first-order valence-corrected chi connectivity index (χ1v) is 19.7. The van der Waals surface area contributed by atoms with Crippen molar-refractivity contribution in [3.8, 4) is 56.9 Å². The van der Waals surface area contributed by atoms with Crippen LogP contribution in [-0.2, 0) is 10.8 Å². The lowest BCUT2D eigenvalue weighted by Crippen LogP contribution is -2.21. The van der Waals surface area contributed by atoms with Crippen LogP contribution in [0.3, 0.4) is 0 Å². The number of rotatable bonds is 10. The SMILES string of the molecule is CC(C)(c1ccc(-n2c(-c3ccccc3)nnc2-c2ccccc2)cc1)c1ccc(C(C)(C)c2ccc(-n3c(-c4ccccc4)nnc3-c3ccccc3)cc2)cc1. The zero-order chi connectivity index (χ0) is 39.7. The molecule has 9 rings (SSSR count). The van der Waals surface area contributed by atoms with E-state index in [0.29, 0.717) is 0 Å². The lowest BCUT2D eigenvalue weighted by Gasteiger charge is -2.30. The number of aromatic nitrogens is 6. The predicted molar refractivity (Wildman–Crippen MR) is 235 cm³/mol. The van der Waals surface area contributed by atoms with Gasteiger partial charge in [0.15, 0.2) is 23.3 Å². The maximum absolute atomic E-state index is 4.66. The third-order valence-electron chi connectivity index (χ3n) is 11.5. The first-order valence-electron chi connectivity index (χ1n) is 19.7. The maximum Gasteiger partial charge on any atom is 0.168 e. The molecule has 0 spiro atoms. The minimum Gasteiger partial charge on any atom is -0.275 e.